The molecule has 1 aliphatic rings. The quantitative estimate of drug-likeness (QED) is 0.674. The lowest BCUT2D eigenvalue weighted by Crippen LogP contribution is -2.36. The summed E-state index contributed by atoms with van der Waals surface area (Å²) in [6, 6.07) is 25.3. The molecule has 1 atom stereocenters. The van der Waals surface area contributed by atoms with Crippen LogP contribution in [0.1, 0.15) is 22.7 Å². The molecule has 0 bridgehead atoms. The predicted octanol–water partition coefficient (Wildman–Crippen LogP) is 4.86. The highest BCUT2D eigenvalue weighted by atomic mass is 16.5. The molecule has 0 amide bonds. The van der Waals surface area contributed by atoms with Gasteiger partial charge in [-0.2, -0.15) is 0 Å². The number of nitrogens with zero attached hydrogens (tertiary/aromatic N) is 1. The third-order valence-electron chi connectivity index (χ3n) is 5.10. The second-order valence-corrected chi connectivity index (χ2v) is 6.45. The Balaban J connectivity index is 1.94. The zero-order valence-corrected chi connectivity index (χ0v) is 15.2. The lowest BCUT2D eigenvalue weighted by molar-refractivity contribution is 0.387. The van der Waals surface area contributed by atoms with Crippen molar-refractivity contribution >= 4 is 5.69 Å². The van der Waals surface area contributed by atoms with Crippen LogP contribution in [0.15, 0.2) is 72.8 Å². The molecule has 1 aliphatic heterocycles. The molecule has 0 saturated heterocycles. The van der Waals surface area contributed by atoms with Gasteiger partial charge >= 0.3 is 0 Å². The van der Waals surface area contributed by atoms with E-state index in [1.165, 1.54) is 22.4 Å². The lowest BCUT2D eigenvalue weighted by Gasteiger charge is -2.40. The monoisotopic (exact) mass is 345 g/mol. The number of benzene rings is 3. The van der Waals surface area contributed by atoms with Crippen molar-refractivity contribution in [3.63, 3.8) is 0 Å². The van der Waals surface area contributed by atoms with Crippen LogP contribution in [0.4, 0.5) is 5.69 Å². The number of anilines is 1. The van der Waals surface area contributed by atoms with Gasteiger partial charge in [-0.05, 0) is 36.2 Å². The Morgan fingerprint density at radius 3 is 2.04 bits per heavy atom. The number of hydrogen-bond acceptors (Lipinski definition) is 3. The van der Waals surface area contributed by atoms with Crippen molar-refractivity contribution in [3.05, 3.63) is 89.5 Å². The smallest absolute Gasteiger partial charge is 0.125 e. The SMILES string of the molecule is COc1ccc(OC)c2c1CCN(c1ccccc1)C2c1ccccc1. The highest BCUT2D eigenvalue weighted by Crippen LogP contribution is 2.45. The molecule has 0 spiro atoms. The molecule has 0 N–H and O–H groups in total. The van der Waals surface area contributed by atoms with Crippen molar-refractivity contribution in [2.24, 2.45) is 0 Å². The second kappa shape index (κ2) is 7.12. The fourth-order valence-electron chi connectivity index (χ4n) is 3.95. The molecule has 3 aromatic rings. The first-order chi connectivity index (χ1) is 12.8. The summed E-state index contributed by atoms with van der Waals surface area (Å²) in [6.45, 7) is 0.931. The first-order valence-electron chi connectivity index (χ1n) is 8.94. The molecule has 0 aliphatic carbocycles. The maximum atomic E-state index is 5.77. The van der Waals surface area contributed by atoms with Gasteiger partial charge in [0.15, 0.2) is 0 Å². The topological polar surface area (TPSA) is 21.7 Å². The van der Waals surface area contributed by atoms with Gasteiger partial charge in [-0.1, -0.05) is 48.5 Å². The van der Waals surface area contributed by atoms with E-state index in [4.69, 9.17) is 9.47 Å². The predicted molar refractivity (Wildman–Crippen MR) is 105 cm³/mol. The van der Waals surface area contributed by atoms with Crippen LogP contribution in [0.5, 0.6) is 11.5 Å². The van der Waals surface area contributed by atoms with Crippen LogP contribution in [-0.4, -0.2) is 20.8 Å². The van der Waals surface area contributed by atoms with Crippen LogP contribution in [-0.2, 0) is 6.42 Å². The van der Waals surface area contributed by atoms with Gasteiger partial charge in [0.1, 0.15) is 11.5 Å². The maximum absolute atomic E-state index is 5.77. The average Bonchev–Trinajstić information content (AvgIpc) is 2.73. The van der Waals surface area contributed by atoms with E-state index in [0.29, 0.717) is 0 Å². The summed E-state index contributed by atoms with van der Waals surface area (Å²) in [7, 11) is 3.48. The van der Waals surface area contributed by atoms with E-state index in [1.807, 2.05) is 12.1 Å². The minimum absolute atomic E-state index is 0.0902. The molecule has 3 nitrogen and oxygen atoms in total. The van der Waals surface area contributed by atoms with Crippen molar-refractivity contribution in [3.8, 4) is 11.5 Å². The zero-order chi connectivity index (χ0) is 17.9. The second-order valence-electron chi connectivity index (χ2n) is 6.45. The van der Waals surface area contributed by atoms with E-state index in [2.05, 4.69) is 65.6 Å². The van der Waals surface area contributed by atoms with Crippen LogP contribution in [0, 0.1) is 0 Å². The first kappa shape index (κ1) is 16.5. The Morgan fingerprint density at radius 2 is 1.38 bits per heavy atom. The fraction of sp³-hybridized carbons (Fsp3) is 0.217. The summed E-state index contributed by atoms with van der Waals surface area (Å²) in [4.78, 5) is 2.46. The normalized spacial score (nSPS) is 16.1. The largest absolute Gasteiger partial charge is 0.496 e. The Morgan fingerprint density at radius 1 is 0.769 bits per heavy atom. The molecule has 0 aromatic heterocycles. The molecule has 0 fully saturated rings. The number of ether oxygens (including phenoxy) is 2. The van der Waals surface area contributed by atoms with E-state index in [-0.39, 0.29) is 6.04 Å². The summed E-state index contributed by atoms with van der Waals surface area (Å²) in [6.07, 6.45) is 0.925. The van der Waals surface area contributed by atoms with Gasteiger partial charge in [0.05, 0.1) is 20.3 Å². The van der Waals surface area contributed by atoms with Crippen LogP contribution < -0.4 is 14.4 Å². The molecule has 1 heterocycles. The van der Waals surface area contributed by atoms with Gasteiger partial charge in [0.2, 0.25) is 0 Å². The number of rotatable bonds is 4. The summed E-state index contributed by atoms with van der Waals surface area (Å²) in [5.74, 6) is 1.85. The number of hydrogen-bond donors (Lipinski definition) is 0. The van der Waals surface area contributed by atoms with Crippen molar-refractivity contribution in [1.29, 1.82) is 0 Å². The Kier molecular flexibility index (Phi) is 4.53. The van der Waals surface area contributed by atoms with Crippen LogP contribution in [0.2, 0.25) is 0 Å². The fourth-order valence-corrected chi connectivity index (χ4v) is 3.95. The molecule has 0 radical (unpaired) electrons. The molecule has 3 heteroatoms. The summed E-state index contributed by atoms with van der Waals surface area (Å²) in [5.41, 5.74) is 4.92. The van der Waals surface area contributed by atoms with Crippen LogP contribution in [0.3, 0.4) is 0 Å². The van der Waals surface area contributed by atoms with Gasteiger partial charge < -0.3 is 14.4 Å². The minimum atomic E-state index is 0.0902. The van der Waals surface area contributed by atoms with Gasteiger partial charge in [0.25, 0.3) is 0 Å². The molecular weight excluding hydrogens is 322 g/mol. The van der Waals surface area contributed by atoms with E-state index < -0.39 is 0 Å². The van der Waals surface area contributed by atoms with Gasteiger partial charge in [-0.15, -0.1) is 0 Å². The van der Waals surface area contributed by atoms with E-state index >= 15 is 0 Å². The molecule has 3 aromatic carbocycles. The molecule has 4 rings (SSSR count). The molecule has 132 valence electrons. The molecule has 26 heavy (non-hydrogen) atoms. The average molecular weight is 345 g/mol. The highest BCUT2D eigenvalue weighted by molar-refractivity contribution is 5.62. The Hall–Kier alpha value is -2.94. The van der Waals surface area contributed by atoms with Gasteiger partial charge in [0, 0.05) is 23.4 Å². The van der Waals surface area contributed by atoms with Crippen molar-refractivity contribution in [2.75, 3.05) is 25.7 Å². The van der Waals surface area contributed by atoms with Crippen molar-refractivity contribution < 1.29 is 9.47 Å². The Labute approximate surface area is 154 Å². The third kappa shape index (κ3) is 2.80. The van der Waals surface area contributed by atoms with E-state index in [1.54, 1.807) is 14.2 Å². The van der Waals surface area contributed by atoms with Crippen LogP contribution in [0.25, 0.3) is 0 Å². The number of para-hydroxylation sites is 1. The third-order valence-corrected chi connectivity index (χ3v) is 5.10. The molecular formula is C23H23NO2. The van der Waals surface area contributed by atoms with Crippen LogP contribution >= 0.6 is 0 Å². The first-order valence-corrected chi connectivity index (χ1v) is 8.94. The number of fused-ring (bicyclic) bond motifs is 1. The molecule has 0 saturated carbocycles. The van der Waals surface area contributed by atoms with Crippen molar-refractivity contribution in [1.82, 2.24) is 0 Å². The van der Waals surface area contributed by atoms with Gasteiger partial charge in [-0.25, -0.2) is 0 Å². The summed E-state index contributed by atoms with van der Waals surface area (Å²) >= 11 is 0. The standard InChI is InChI=1S/C23H23NO2/c1-25-20-13-14-21(26-2)22-19(20)15-16-24(18-11-7-4-8-12-18)23(22)17-9-5-3-6-10-17/h3-14,23H,15-16H2,1-2H3. The molecule has 1 unspecified atom stereocenters. The minimum Gasteiger partial charge on any atom is -0.496 e. The lowest BCUT2D eigenvalue weighted by atomic mass is 9.86. The summed E-state index contributed by atoms with van der Waals surface area (Å²) < 4.78 is 11.4. The van der Waals surface area contributed by atoms with Gasteiger partial charge in [-0.3, -0.25) is 0 Å². The van der Waals surface area contributed by atoms with E-state index in [0.717, 1.165) is 24.5 Å². The maximum Gasteiger partial charge on any atom is 0.125 e. The zero-order valence-electron chi connectivity index (χ0n) is 15.2. The Bertz CT molecular complexity index is 877. The number of methoxy groups -OCH3 is 2. The summed E-state index contributed by atoms with van der Waals surface area (Å²) in [5, 5.41) is 0. The highest BCUT2D eigenvalue weighted by Gasteiger charge is 2.33. The van der Waals surface area contributed by atoms with Crippen molar-refractivity contribution in [2.45, 2.75) is 12.5 Å². The van der Waals surface area contributed by atoms with E-state index in [9.17, 15) is 0 Å².